The van der Waals surface area contributed by atoms with Gasteiger partial charge in [-0.05, 0) is 70.6 Å². The first-order chi connectivity index (χ1) is 7.88. The molecule has 2 aliphatic heterocycles. The summed E-state index contributed by atoms with van der Waals surface area (Å²) in [5, 5.41) is 14.1. The maximum atomic E-state index is 10.6. The molecule has 1 N–H and O–H groups in total. The number of hydrogen-bond acceptors (Lipinski definition) is 2. The Bertz CT molecular complexity index is 184. The molecule has 3 nitrogen and oxygen atoms in total. The highest BCUT2D eigenvalue weighted by Gasteiger charge is 2.20. The van der Waals surface area contributed by atoms with Gasteiger partial charge in [0.1, 0.15) is 0 Å². The first-order valence-corrected chi connectivity index (χ1v) is 6.92. The van der Waals surface area contributed by atoms with Gasteiger partial charge in [0.05, 0.1) is 6.61 Å². The van der Waals surface area contributed by atoms with Gasteiger partial charge in [-0.15, -0.1) is 0 Å². The quantitative estimate of drug-likeness (QED) is 0.772. The van der Waals surface area contributed by atoms with E-state index in [-0.39, 0.29) is 6.61 Å². The lowest BCUT2D eigenvalue weighted by Gasteiger charge is -2.32. The minimum atomic E-state index is 0.122. The van der Waals surface area contributed by atoms with Crippen molar-refractivity contribution in [1.29, 1.82) is 0 Å². The number of nitrogens with one attached hydrogen (secondary N) is 1. The number of rotatable bonds is 5. The summed E-state index contributed by atoms with van der Waals surface area (Å²) in [5.41, 5.74) is 0. The lowest BCUT2D eigenvalue weighted by atomic mass is 9.94. The van der Waals surface area contributed by atoms with Crippen molar-refractivity contribution < 1.29 is 5.11 Å². The molecule has 1 radical (unpaired) electrons. The van der Waals surface area contributed by atoms with E-state index in [2.05, 4.69) is 10.2 Å². The fourth-order valence-corrected chi connectivity index (χ4v) is 3.01. The maximum Gasteiger partial charge on any atom is 0.0825 e. The molecular weight excluding hydrogens is 200 g/mol. The molecule has 0 aromatic rings. The van der Waals surface area contributed by atoms with E-state index in [1.54, 1.807) is 0 Å². The molecule has 0 saturated carbocycles. The van der Waals surface area contributed by atoms with Gasteiger partial charge in [0.15, 0.2) is 0 Å². The summed E-state index contributed by atoms with van der Waals surface area (Å²) in [4.78, 5) is 2.58. The van der Waals surface area contributed by atoms with Gasteiger partial charge >= 0.3 is 0 Å². The molecule has 0 bridgehead atoms. The van der Waals surface area contributed by atoms with E-state index in [1.165, 1.54) is 58.3 Å². The Hall–Kier alpha value is -0.120. The summed E-state index contributed by atoms with van der Waals surface area (Å²) in [6.07, 6.45) is 7.44. The van der Waals surface area contributed by atoms with Crippen molar-refractivity contribution in [1.82, 2.24) is 10.2 Å². The van der Waals surface area contributed by atoms with E-state index in [9.17, 15) is 5.11 Å². The van der Waals surface area contributed by atoms with Gasteiger partial charge < -0.3 is 10.2 Å². The molecule has 0 aromatic heterocycles. The van der Waals surface area contributed by atoms with Crippen LogP contribution in [0.4, 0.5) is 0 Å². The average Bonchev–Trinajstić information content (AvgIpc) is 2.82. The smallest absolute Gasteiger partial charge is 0.0825 e. The monoisotopic (exact) mass is 225 g/mol. The Morgan fingerprint density at radius 3 is 2.56 bits per heavy atom. The van der Waals surface area contributed by atoms with Crippen LogP contribution in [-0.2, 0) is 5.11 Å². The van der Waals surface area contributed by atoms with Crippen LogP contribution in [0.15, 0.2) is 0 Å². The summed E-state index contributed by atoms with van der Waals surface area (Å²) in [7, 11) is 0. The topological polar surface area (TPSA) is 35.2 Å². The molecule has 2 rings (SSSR count). The molecule has 2 fully saturated rings. The highest BCUT2D eigenvalue weighted by atomic mass is 16.3. The fraction of sp³-hybridized carbons (Fsp3) is 1.00. The Balaban J connectivity index is 1.57. The normalized spacial score (nSPS) is 28.7. The van der Waals surface area contributed by atoms with Crippen molar-refractivity contribution in [2.75, 3.05) is 32.8 Å². The van der Waals surface area contributed by atoms with Crippen LogP contribution < -0.4 is 5.32 Å². The van der Waals surface area contributed by atoms with Crippen molar-refractivity contribution >= 4 is 0 Å². The standard InChI is InChI=1S/C13H25N2O/c16-11-6-12-3-8-15(9-4-12)10-5-13-2-1-7-14-13/h12-14H,1-11H2. The first kappa shape index (κ1) is 12.3. The second-order valence-electron chi connectivity index (χ2n) is 5.36. The molecule has 0 amide bonds. The number of hydrogen-bond donors (Lipinski definition) is 1. The molecule has 16 heavy (non-hydrogen) atoms. The lowest BCUT2D eigenvalue weighted by Crippen LogP contribution is -2.37. The highest BCUT2D eigenvalue weighted by Crippen LogP contribution is 2.20. The van der Waals surface area contributed by atoms with Crippen molar-refractivity contribution in [3.63, 3.8) is 0 Å². The molecular formula is C13H25N2O. The highest BCUT2D eigenvalue weighted by molar-refractivity contribution is 4.77. The zero-order valence-electron chi connectivity index (χ0n) is 10.3. The summed E-state index contributed by atoms with van der Waals surface area (Å²) in [6, 6.07) is 0.777. The molecule has 0 spiro atoms. The van der Waals surface area contributed by atoms with Crippen LogP contribution in [0.2, 0.25) is 0 Å². The van der Waals surface area contributed by atoms with E-state index < -0.39 is 0 Å². The molecule has 1 atom stereocenters. The van der Waals surface area contributed by atoms with Crippen LogP contribution in [0.25, 0.3) is 0 Å². The number of likely N-dealkylation sites (tertiary alicyclic amines) is 1. The van der Waals surface area contributed by atoms with E-state index in [0.717, 1.165) is 18.4 Å². The molecule has 3 heteroatoms. The Morgan fingerprint density at radius 2 is 1.94 bits per heavy atom. The van der Waals surface area contributed by atoms with Gasteiger partial charge in [0.2, 0.25) is 0 Å². The van der Waals surface area contributed by atoms with Gasteiger partial charge in [-0.25, -0.2) is 5.11 Å². The minimum Gasteiger partial charge on any atom is -0.314 e. The predicted octanol–water partition coefficient (Wildman–Crippen LogP) is 1.66. The third-order valence-electron chi connectivity index (χ3n) is 4.19. The van der Waals surface area contributed by atoms with E-state index in [1.807, 2.05) is 0 Å². The summed E-state index contributed by atoms with van der Waals surface area (Å²) in [5.74, 6) is 0.721. The maximum absolute atomic E-state index is 10.6. The lowest BCUT2D eigenvalue weighted by molar-refractivity contribution is 0.128. The van der Waals surface area contributed by atoms with Crippen LogP contribution in [0.1, 0.15) is 38.5 Å². The molecule has 2 heterocycles. The molecule has 0 aliphatic carbocycles. The van der Waals surface area contributed by atoms with Crippen LogP contribution >= 0.6 is 0 Å². The Kier molecular flexibility index (Phi) is 5.07. The fourth-order valence-electron chi connectivity index (χ4n) is 3.01. The average molecular weight is 225 g/mol. The van der Waals surface area contributed by atoms with Crippen molar-refractivity contribution in [3.8, 4) is 0 Å². The number of nitrogens with zero attached hydrogens (tertiary/aromatic N) is 1. The second kappa shape index (κ2) is 6.58. The van der Waals surface area contributed by atoms with Gasteiger partial charge in [-0.3, -0.25) is 0 Å². The van der Waals surface area contributed by atoms with Gasteiger partial charge in [0, 0.05) is 6.04 Å². The zero-order chi connectivity index (χ0) is 11.2. The van der Waals surface area contributed by atoms with Crippen LogP contribution in [0.5, 0.6) is 0 Å². The van der Waals surface area contributed by atoms with Crippen LogP contribution in [-0.4, -0.2) is 43.7 Å². The number of piperidine rings is 1. The van der Waals surface area contributed by atoms with Crippen molar-refractivity contribution in [2.45, 2.75) is 44.6 Å². The van der Waals surface area contributed by atoms with Gasteiger partial charge in [0.25, 0.3) is 0 Å². The van der Waals surface area contributed by atoms with Gasteiger partial charge in [-0.1, -0.05) is 0 Å². The molecule has 2 saturated heterocycles. The molecule has 0 aromatic carbocycles. The largest absolute Gasteiger partial charge is 0.314 e. The SMILES string of the molecule is [O]CCC1CCN(CCC2CCCN2)CC1. The second-order valence-corrected chi connectivity index (χ2v) is 5.36. The van der Waals surface area contributed by atoms with E-state index in [0.29, 0.717) is 0 Å². The van der Waals surface area contributed by atoms with Crippen molar-refractivity contribution in [2.24, 2.45) is 5.92 Å². The summed E-state index contributed by atoms with van der Waals surface area (Å²) >= 11 is 0. The Labute approximate surface area is 99.2 Å². The summed E-state index contributed by atoms with van der Waals surface area (Å²) < 4.78 is 0. The molecule has 93 valence electrons. The van der Waals surface area contributed by atoms with E-state index in [4.69, 9.17) is 0 Å². The van der Waals surface area contributed by atoms with E-state index >= 15 is 0 Å². The molecule has 1 unspecified atom stereocenters. The summed E-state index contributed by atoms with van der Waals surface area (Å²) in [6.45, 7) is 5.03. The van der Waals surface area contributed by atoms with Gasteiger partial charge in [-0.2, -0.15) is 0 Å². The van der Waals surface area contributed by atoms with Crippen LogP contribution in [0, 0.1) is 5.92 Å². The zero-order valence-corrected chi connectivity index (χ0v) is 10.3. The third kappa shape index (κ3) is 3.72. The third-order valence-corrected chi connectivity index (χ3v) is 4.19. The predicted molar refractivity (Wildman–Crippen MR) is 65.0 cm³/mol. The van der Waals surface area contributed by atoms with Crippen LogP contribution in [0.3, 0.4) is 0 Å². The first-order valence-electron chi connectivity index (χ1n) is 6.92. The molecule has 2 aliphatic rings. The van der Waals surface area contributed by atoms with Crippen molar-refractivity contribution in [3.05, 3.63) is 0 Å². The minimum absolute atomic E-state index is 0.122. The Morgan fingerprint density at radius 1 is 1.12 bits per heavy atom.